The molecule has 1 amide bonds. The van der Waals surface area contributed by atoms with Gasteiger partial charge in [0.25, 0.3) is 0 Å². The first kappa shape index (κ1) is 15.4. The summed E-state index contributed by atoms with van der Waals surface area (Å²) in [5.41, 5.74) is 0. The number of esters is 1. The van der Waals surface area contributed by atoms with E-state index in [1.54, 1.807) is 0 Å². The van der Waals surface area contributed by atoms with Crippen molar-refractivity contribution in [1.82, 2.24) is 4.90 Å². The molecule has 0 fully saturated rings. The summed E-state index contributed by atoms with van der Waals surface area (Å²) in [6, 6.07) is 0. The van der Waals surface area contributed by atoms with Gasteiger partial charge in [0.15, 0.2) is 0 Å². The third-order valence-electron chi connectivity index (χ3n) is 2.05. The lowest BCUT2D eigenvalue weighted by Gasteiger charge is -2.23. The zero-order valence-corrected chi connectivity index (χ0v) is 10.4. The van der Waals surface area contributed by atoms with Crippen molar-refractivity contribution in [3.8, 4) is 0 Å². The van der Waals surface area contributed by atoms with Crippen LogP contribution in [0, 0.1) is 5.92 Å². The first-order valence-corrected chi connectivity index (χ1v) is 5.43. The number of hydrogen-bond acceptors (Lipinski definition) is 4. The van der Waals surface area contributed by atoms with Crippen molar-refractivity contribution in [2.75, 3.05) is 20.2 Å². The molecule has 0 unspecified atom stereocenters. The maximum Gasteiger partial charge on any atom is 0.312 e. The first-order valence-electron chi connectivity index (χ1n) is 5.43. The summed E-state index contributed by atoms with van der Waals surface area (Å²) in [4.78, 5) is 34.4. The smallest absolute Gasteiger partial charge is 0.312 e. The molecule has 17 heavy (non-hydrogen) atoms. The third-order valence-corrected chi connectivity index (χ3v) is 2.05. The Balaban J connectivity index is 4.36. The van der Waals surface area contributed by atoms with E-state index < -0.39 is 24.3 Å². The molecule has 98 valence electrons. The Morgan fingerprint density at radius 3 is 2.29 bits per heavy atom. The number of carboxylic acid groups (broad SMARTS) is 1. The number of hydrogen-bond donors (Lipinski definition) is 1. The van der Waals surface area contributed by atoms with Crippen LogP contribution in [-0.2, 0) is 19.1 Å². The second kappa shape index (κ2) is 7.65. The molecule has 0 atom stereocenters. The van der Waals surface area contributed by atoms with Gasteiger partial charge in [0.1, 0.15) is 6.42 Å². The van der Waals surface area contributed by atoms with Crippen molar-refractivity contribution in [1.29, 1.82) is 0 Å². The van der Waals surface area contributed by atoms with Crippen LogP contribution in [0.5, 0.6) is 0 Å². The molecule has 0 spiro atoms. The Bertz CT molecular complexity index is 288. The van der Waals surface area contributed by atoms with E-state index in [0.29, 0.717) is 6.54 Å². The fourth-order valence-electron chi connectivity index (χ4n) is 1.33. The van der Waals surface area contributed by atoms with Crippen molar-refractivity contribution in [2.45, 2.75) is 26.7 Å². The molecule has 0 aliphatic heterocycles. The summed E-state index contributed by atoms with van der Waals surface area (Å²) >= 11 is 0. The van der Waals surface area contributed by atoms with Crippen LogP contribution in [0.2, 0.25) is 0 Å². The van der Waals surface area contributed by atoms with Crippen molar-refractivity contribution in [3.05, 3.63) is 0 Å². The molecule has 0 aliphatic carbocycles. The van der Waals surface area contributed by atoms with E-state index in [9.17, 15) is 14.4 Å². The second-order valence-corrected chi connectivity index (χ2v) is 4.13. The van der Waals surface area contributed by atoms with Crippen molar-refractivity contribution >= 4 is 17.8 Å². The number of aliphatic carboxylic acids is 1. The molecule has 0 saturated carbocycles. The minimum absolute atomic E-state index is 0.0780. The fraction of sp³-hybridized carbons (Fsp3) is 0.727. The van der Waals surface area contributed by atoms with Gasteiger partial charge in [-0.3, -0.25) is 14.4 Å². The molecular weight excluding hydrogens is 226 g/mol. The first-order chi connectivity index (χ1) is 7.86. The maximum atomic E-state index is 11.6. The molecule has 0 aliphatic rings. The van der Waals surface area contributed by atoms with Gasteiger partial charge in [0, 0.05) is 13.1 Å². The number of carboxylic acids is 1. The number of carbonyl (C=O) groups is 3. The number of methoxy groups -OCH3 is 1. The minimum atomic E-state index is -1.16. The Morgan fingerprint density at radius 2 is 1.88 bits per heavy atom. The van der Waals surface area contributed by atoms with E-state index in [1.807, 2.05) is 13.8 Å². The average Bonchev–Trinajstić information content (AvgIpc) is 2.21. The standard InChI is InChI=1S/C11H19NO5/c1-8(2)7-12(5-4-11(16)17-3)9(13)6-10(14)15/h8H,4-7H2,1-3H3,(H,14,15). The molecule has 0 aromatic heterocycles. The minimum Gasteiger partial charge on any atom is -0.481 e. The van der Waals surface area contributed by atoms with E-state index in [4.69, 9.17) is 5.11 Å². The number of nitrogens with zero attached hydrogens (tertiary/aromatic N) is 1. The van der Waals surface area contributed by atoms with Crippen molar-refractivity contribution < 1.29 is 24.2 Å². The SMILES string of the molecule is COC(=O)CCN(CC(C)C)C(=O)CC(=O)O. The Morgan fingerprint density at radius 1 is 1.29 bits per heavy atom. The van der Waals surface area contributed by atoms with Gasteiger partial charge >= 0.3 is 11.9 Å². The van der Waals surface area contributed by atoms with Gasteiger partial charge in [-0.1, -0.05) is 13.8 Å². The lowest BCUT2D eigenvalue weighted by Crippen LogP contribution is -2.37. The van der Waals surface area contributed by atoms with Crippen LogP contribution in [-0.4, -0.2) is 48.1 Å². The van der Waals surface area contributed by atoms with Gasteiger partial charge in [-0.05, 0) is 5.92 Å². The van der Waals surface area contributed by atoms with Crippen LogP contribution in [0.15, 0.2) is 0 Å². The average molecular weight is 245 g/mol. The van der Waals surface area contributed by atoms with E-state index in [1.165, 1.54) is 12.0 Å². The molecule has 0 aromatic rings. The van der Waals surface area contributed by atoms with Crippen LogP contribution in [0.1, 0.15) is 26.7 Å². The zero-order chi connectivity index (χ0) is 13.4. The molecule has 0 saturated heterocycles. The predicted molar refractivity (Wildman–Crippen MR) is 60.3 cm³/mol. The highest BCUT2D eigenvalue weighted by Gasteiger charge is 2.18. The number of amides is 1. The highest BCUT2D eigenvalue weighted by atomic mass is 16.5. The molecule has 0 bridgehead atoms. The van der Waals surface area contributed by atoms with E-state index in [2.05, 4.69) is 4.74 Å². The van der Waals surface area contributed by atoms with E-state index >= 15 is 0 Å². The lowest BCUT2D eigenvalue weighted by molar-refractivity contribution is -0.145. The monoisotopic (exact) mass is 245 g/mol. The summed E-state index contributed by atoms with van der Waals surface area (Å²) in [5, 5.41) is 8.55. The van der Waals surface area contributed by atoms with Crippen molar-refractivity contribution in [2.24, 2.45) is 5.92 Å². The van der Waals surface area contributed by atoms with E-state index in [0.717, 1.165) is 0 Å². The van der Waals surface area contributed by atoms with Gasteiger partial charge < -0.3 is 14.7 Å². The predicted octanol–water partition coefficient (Wildman–Crippen LogP) is 0.509. The Kier molecular flexibility index (Phi) is 6.93. The Hall–Kier alpha value is -1.59. The summed E-state index contributed by atoms with van der Waals surface area (Å²) < 4.78 is 4.47. The van der Waals surface area contributed by atoms with Gasteiger partial charge in [0.05, 0.1) is 13.5 Å². The highest BCUT2D eigenvalue weighted by molar-refractivity contribution is 5.93. The van der Waals surface area contributed by atoms with Crippen LogP contribution in [0.3, 0.4) is 0 Å². The van der Waals surface area contributed by atoms with Gasteiger partial charge in [-0.2, -0.15) is 0 Å². The molecule has 0 rings (SSSR count). The van der Waals surface area contributed by atoms with Crippen molar-refractivity contribution in [3.63, 3.8) is 0 Å². The number of rotatable bonds is 7. The topological polar surface area (TPSA) is 83.9 Å². The van der Waals surface area contributed by atoms with Gasteiger partial charge in [0.2, 0.25) is 5.91 Å². The largest absolute Gasteiger partial charge is 0.481 e. The second-order valence-electron chi connectivity index (χ2n) is 4.13. The molecule has 6 nitrogen and oxygen atoms in total. The zero-order valence-electron chi connectivity index (χ0n) is 10.4. The van der Waals surface area contributed by atoms with Gasteiger partial charge in [-0.15, -0.1) is 0 Å². The molecule has 0 heterocycles. The molecular formula is C11H19NO5. The van der Waals surface area contributed by atoms with Crippen LogP contribution in [0.25, 0.3) is 0 Å². The van der Waals surface area contributed by atoms with Crippen LogP contribution >= 0.6 is 0 Å². The normalized spacial score (nSPS) is 10.1. The fourth-order valence-corrected chi connectivity index (χ4v) is 1.33. The Labute approximate surface area is 101 Å². The summed E-state index contributed by atoms with van der Waals surface area (Å²) in [6.45, 7) is 4.46. The molecule has 0 aromatic carbocycles. The quantitative estimate of drug-likeness (QED) is 0.522. The molecule has 6 heteroatoms. The highest BCUT2D eigenvalue weighted by Crippen LogP contribution is 2.03. The molecule has 0 radical (unpaired) electrons. The lowest BCUT2D eigenvalue weighted by atomic mass is 10.2. The van der Waals surface area contributed by atoms with Gasteiger partial charge in [-0.25, -0.2) is 0 Å². The van der Waals surface area contributed by atoms with E-state index in [-0.39, 0.29) is 18.9 Å². The maximum absolute atomic E-state index is 11.6. The summed E-state index contributed by atoms with van der Waals surface area (Å²) in [6.07, 6.45) is -0.470. The summed E-state index contributed by atoms with van der Waals surface area (Å²) in [7, 11) is 1.27. The number of carbonyl (C=O) groups excluding carboxylic acids is 2. The van der Waals surface area contributed by atoms with Crippen LogP contribution in [0.4, 0.5) is 0 Å². The third kappa shape index (κ3) is 7.32. The summed E-state index contributed by atoms with van der Waals surface area (Å²) in [5.74, 6) is -1.84. The molecule has 1 N–H and O–H groups in total. The van der Waals surface area contributed by atoms with Crippen LogP contribution < -0.4 is 0 Å². The number of ether oxygens (including phenoxy) is 1.